The fourth-order valence-corrected chi connectivity index (χ4v) is 1.42. The maximum absolute atomic E-state index is 12.3. The van der Waals surface area contributed by atoms with E-state index >= 15 is 0 Å². The normalized spacial score (nSPS) is 14.5. The molecule has 0 N–H and O–H groups in total. The van der Waals surface area contributed by atoms with Crippen LogP contribution in [0.1, 0.15) is 53.4 Å². The second kappa shape index (κ2) is 6.26. The topological polar surface area (TPSA) is 26.3 Å². The van der Waals surface area contributed by atoms with Gasteiger partial charge in [0.1, 0.15) is 5.60 Å². The van der Waals surface area contributed by atoms with Gasteiger partial charge in [0.05, 0.1) is 12.3 Å². The summed E-state index contributed by atoms with van der Waals surface area (Å²) in [7, 11) is 0. The molecule has 0 saturated heterocycles. The lowest BCUT2D eigenvalue weighted by molar-refractivity contribution is -0.176. The monoisotopic (exact) mass is 254 g/mol. The first kappa shape index (κ1) is 16.3. The number of unbranched alkanes of at least 4 members (excludes halogenated alkanes) is 1. The van der Waals surface area contributed by atoms with Gasteiger partial charge in [0, 0.05) is 0 Å². The highest BCUT2D eigenvalue weighted by molar-refractivity contribution is 5.72. The van der Waals surface area contributed by atoms with Crippen molar-refractivity contribution in [2.75, 3.05) is 0 Å². The Morgan fingerprint density at radius 3 is 2.12 bits per heavy atom. The Morgan fingerprint density at radius 2 is 1.76 bits per heavy atom. The van der Waals surface area contributed by atoms with Gasteiger partial charge in [-0.05, 0) is 27.2 Å². The quantitative estimate of drug-likeness (QED) is 0.691. The molecule has 0 bridgehead atoms. The zero-order valence-electron chi connectivity index (χ0n) is 10.9. The molecule has 0 aliphatic heterocycles. The molecule has 0 saturated carbocycles. The number of alkyl halides is 3. The predicted molar refractivity (Wildman–Crippen MR) is 59.5 cm³/mol. The van der Waals surface area contributed by atoms with E-state index in [9.17, 15) is 18.0 Å². The van der Waals surface area contributed by atoms with Crippen LogP contribution in [0.25, 0.3) is 0 Å². The van der Waals surface area contributed by atoms with E-state index in [-0.39, 0.29) is 6.42 Å². The van der Waals surface area contributed by atoms with Crippen LogP contribution in [-0.4, -0.2) is 17.7 Å². The maximum atomic E-state index is 12.3. The van der Waals surface area contributed by atoms with Gasteiger partial charge < -0.3 is 4.74 Å². The van der Waals surface area contributed by atoms with Crippen molar-refractivity contribution in [2.24, 2.45) is 5.92 Å². The van der Waals surface area contributed by atoms with E-state index in [1.807, 2.05) is 6.92 Å². The summed E-state index contributed by atoms with van der Waals surface area (Å²) >= 11 is 0. The molecule has 1 atom stereocenters. The van der Waals surface area contributed by atoms with Crippen molar-refractivity contribution in [1.29, 1.82) is 0 Å². The molecular formula is C12H21F3O2. The molecule has 1 unspecified atom stereocenters. The number of hydrogen-bond acceptors (Lipinski definition) is 2. The van der Waals surface area contributed by atoms with Gasteiger partial charge in [-0.25, -0.2) is 0 Å². The fourth-order valence-electron chi connectivity index (χ4n) is 1.42. The van der Waals surface area contributed by atoms with E-state index in [4.69, 9.17) is 4.74 Å². The molecule has 0 amide bonds. The second-order valence-electron chi connectivity index (χ2n) is 5.19. The van der Waals surface area contributed by atoms with Crippen LogP contribution in [0.2, 0.25) is 0 Å². The number of esters is 1. The number of ether oxygens (including phenoxy) is 1. The van der Waals surface area contributed by atoms with Crippen molar-refractivity contribution in [3.05, 3.63) is 0 Å². The molecule has 0 fully saturated rings. The van der Waals surface area contributed by atoms with Crippen LogP contribution in [0, 0.1) is 5.92 Å². The Labute approximate surface area is 101 Å². The summed E-state index contributed by atoms with van der Waals surface area (Å²) in [5.74, 6) is -1.82. The van der Waals surface area contributed by atoms with Gasteiger partial charge in [-0.1, -0.05) is 19.8 Å². The zero-order chi connectivity index (χ0) is 13.7. The number of rotatable bonds is 5. The van der Waals surface area contributed by atoms with Crippen LogP contribution in [0.4, 0.5) is 13.2 Å². The van der Waals surface area contributed by atoms with E-state index in [0.29, 0.717) is 6.42 Å². The molecule has 0 aliphatic carbocycles. The summed E-state index contributed by atoms with van der Waals surface area (Å²) in [6.45, 7) is 6.82. The molecule has 5 heteroatoms. The smallest absolute Gasteiger partial charge is 0.389 e. The van der Waals surface area contributed by atoms with Gasteiger partial charge in [0.2, 0.25) is 0 Å². The molecule has 0 radical (unpaired) electrons. The Hall–Kier alpha value is -0.740. The van der Waals surface area contributed by atoms with E-state index in [1.165, 1.54) is 0 Å². The molecule has 0 spiro atoms. The Kier molecular flexibility index (Phi) is 5.99. The highest BCUT2D eigenvalue weighted by atomic mass is 19.4. The summed E-state index contributed by atoms with van der Waals surface area (Å²) < 4.78 is 42.0. The third kappa shape index (κ3) is 9.01. The maximum Gasteiger partial charge on any atom is 0.389 e. The second-order valence-corrected chi connectivity index (χ2v) is 5.19. The zero-order valence-corrected chi connectivity index (χ0v) is 10.9. The Balaban J connectivity index is 4.51. The van der Waals surface area contributed by atoms with Gasteiger partial charge >= 0.3 is 12.1 Å². The third-order valence-corrected chi connectivity index (χ3v) is 2.12. The standard InChI is InChI=1S/C12H21F3O2/c1-5-6-7-9(8-12(13,14)15)10(16)17-11(2,3)4/h9H,5-8H2,1-4H3. The van der Waals surface area contributed by atoms with E-state index < -0.39 is 30.1 Å². The Bertz CT molecular complexity index is 241. The van der Waals surface area contributed by atoms with E-state index in [0.717, 1.165) is 6.42 Å². The molecule has 0 aliphatic rings. The first-order valence-corrected chi connectivity index (χ1v) is 5.85. The summed E-state index contributed by atoms with van der Waals surface area (Å²) in [4.78, 5) is 11.6. The third-order valence-electron chi connectivity index (χ3n) is 2.12. The first-order valence-electron chi connectivity index (χ1n) is 5.85. The molecule has 0 rings (SSSR count). The lowest BCUT2D eigenvalue weighted by Gasteiger charge is -2.24. The van der Waals surface area contributed by atoms with Crippen molar-refractivity contribution in [2.45, 2.75) is 65.2 Å². The minimum atomic E-state index is -4.32. The van der Waals surface area contributed by atoms with Gasteiger partial charge in [0.15, 0.2) is 0 Å². The van der Waals surface area contributed by atoms with Crippen molar-refractivity contribution < 1.29 is 22.7 Å². The van der Waals surface area contributed by atoms with Gasteiger partial charge in [-0.15, -0.1) is 0 Å². The Morgan fingerprint density at radius 1 is 1.24 bits per heavy atom. The summed E-state index contributed by atoms with van der Waals surface area (Å²) in [5, 5.41) is 0. The van der Waals surface area contributed by atoms with E-state index in [1.54, 1.807) is 20.8 Å². The van der Waals surface area contributed by atoms with Crippen LogP contribution in [0.5, 0.6) is 0 Å². The van der Waals surface area contributed by atoms with Crippen molar-refractivity contribution in [3.8, 4) is 0 Å². The predicted octanol–water partition coefficient (Wildman–Crippen LogP) is 4.09. The molecule has 2 nitrogen and oxygen atoms in total. The molecule has 0 aromatic heterocycles. The number of carbonyl (C=O) groups is 1. The average molecular weight is 254 g/mol. The van der Waals surface area contributed by atoms with Crippen LogP contribution in [-0.2, 0) is 9.53 Å². The fraction of sp³-hybridized carbons (Fsp3) is 0.917. The summed E-state index contributed by atoms with van der Waals surface area (Å²) in [6, 6.07) is 0. The molecule has 17 heavy (non-hydrogen) atoms. The van der Waals surface area contributed by atoms with Gasteiger partial charge in [-0.3, -0.25) is 4.79 Å². The molecule has 0 heterocycles. The van der Waals surface area contributed by atoms with Crippen molar-refractivity contribution in [1.82, 2.24) is 0 Å². The largest absolute Gasteiger partial charge is 0.460 e. The molecular weight excluding hydrogens is 233 g/mol. The van der Waals surface area contributed by atoms with Gasteiger partial charge in [-0.2, -0.15) is 13.2 Å². The highest BCUT2D eigenvalue weighted by Crippen LogP contribution is 2.29. The van der Waals surface area contributed by atoms with Crippen LogP contribution >= 0.6 is 0 Å². The minimum Gasteiger partial charge on any atom is -0.460 e. The molecule has 0 aromatic carbocycles. The molecule has 0 aromatic rings. The average Bonchev–Trinajstić information content (AvgIpc) is 2.07. The summed E-state index contributed by atoms with van der Waals surface area (Å²) in [5.41, 5.74) is -0.743. The lowest BCUT2D eigenvalue weighted by Crippen LogP contribution is -2.31. The number of carbonyl (C=O) groups excluding carboxylic acids is 1. The van der Waals surface area contributed by atoms with Gasteiger partial charge in [0.25, 0.3) is 0 Å². The van der Waals surface area contributed by atoms with Crippen LogP contribution in [0.15, 0.2) is 0 Å². The minimum absolute atomic E-state index is 0.227. The van der Waals surface area contributed by atoms with Crippen LogP contribution < -0.4 is 0 Å². The SMILES string of the molecule is CCCCC(CC(F)(F)F)C(=O)OC(C)(C)C. The highest BCUT2D eigenvalue weighted by Gasteiger charge is 2.36. The first-order chi connectivity index (χ1) is 7.55. The molecule has 102 valence electrons. The number of halogens is 3. The van der Waals surface area contributed by atoms with Crippen LogP contribution in [0.3, 0.4) is 0 Å². The summed E-state index contributed by atoms with van der Waals surface area (Å²) in [6.07, 6.45) is -3.83. The van der Waals surface area contributed by atoms with Crippen molar-refractivity contribution in [3.63, 3.8) is 0 Å². The lowest BCUT2D eigenvalue weighted by atomic mass is 9.98. The van der Waals surface area contributed by atoms with Crippen molar-refractivity contribution >= 4 is 5.97 Å². The van der Waals surface area contributed by atoms with E-state index in [2.05, 4.69) is 0 Å². The number of hydrogen-bond donors (Lipinski definition) is 0.